The van der Waals surface area contributed by atoms with E-state index < -0.39 is 17.8 Å². The van der Waals surface area contributed by atoms with E-state index in [2.05, 4.69) is 10.6 Å². The minimum absolute atomic E-state index is 0.241. The number of carbonyl (C=O) groups is 1. The molecule has 1 aromatic rings. The molecule has 0 atom stereocenters. The fourth-order valence-corrected chi connectivity index (χ4v) is 1.75. The number of rotatable bonds is 6. The molecule has 1 aromatic carbocycles. The molecule has 7 heteroatoms. The molecule has 0 radical (unpaired) electrons. The topological polar surface area (TPSA) is 65.0 Å². The normalized spacial score (nSPS) is 12.2. The number of aryl methyl sites for hydroxylation is 1. The van der Waals surface area contributed by atoms with Crippen LogP contribution in [-0.4, -0.2) is 23.8 Å². The Morgan fingerprint density at radius 2 is 2.00 bits per heavy atom. The average molecular weight is 327 g/mol. The first-order valence-corrected chi connectivity index (χ1v) is 7.17. The Morgan fingerprint density at radius 1 is 1.35 bits per heavy atom. The van der Waals surface area contributed by atoms with Gasteiger partial charge in [0, 0.05) is 11.7 Å². The monoisotopic (exact) mass is 327 g/mol. The van der Waals surface area contributed by atoms with Crippen LogP contribution in [0.15, 0.2) is 36.0 Å². The van der Waals surface area contributed by atoms with Gasteiger partial charge in [-0.2, -0.15) is 13.2 Å². The third-order valence-corrected chi connectivity index (χ3v) is 2.87. The number of nitrogens with one attached hydrogen (secondary N) is 3. The lowest BCUT2D eigenvalue weighted by Gasteiger charge is -2.15. The molecule has 0 aliphatic rings. The van der Waals surface area contributed by atoms with Crippen LogP contribution < -0.4 is 10.6 Å². The number of hydrogen-bond donors (Lipinski definition) is 3. The van der Waals surface area contributed by atoms with Crippen molar-refractivity contribution in [2.24, 2.45) is 0 Å². The summed E-state index contributed by atoms with van der Waals surface area (Å²) >= 11 is 0. The highest BCUT2D eigenvalue weighted by Gasteiger charge is 2.33. The van der Waals surface area contributed by atoms with Crippen LogP contribution in [0.4, 0.5) is 18.9 Å². The molecule has 23 heavy (non-hydrogen) atoms. The van der Waals surface area contributed by atoms with E-state index in [1.54, 1.807) is 32.0 Å². The summed E-state index contributed by atoms with van der Waals surface area (Å²) in [5.74, 6) is -0.698. The van der Waals surface area contributed by atoms with Crippen molar-refractivity contribution in [1.82, 2.24) is 5.32 Å². The quantitative estimate of drug-likeness (QED) is 0.551. The molecule has 0 unspecified atom stereocenters. The fourth-order valence-electron chi connectivity index (χ4n) is 1.75. The Kier molecular flexibility index (Phi) is 6.36. The van der Waals surface area contributed by atoms with E-state index in [-0.39, 0.29) is 11.7 Å². The van der Waals surface area contributed by atoms with Crippen LogP contribution in [0.1, 0.15) is 26.3 Å². The lowest BCUT2D eigenvalue weighted by Crippen LogP contribution is -2.34. The number of anilines is 1. The Morgan fingerprint density at radius 3 is 2.52 bits per heavy atom. The molecule has 1 amide bonds. The SMILES string of the molecule is CCc1cccc(N/C(=C\C(=N)C(F)(F)F)C(=O)NC(C)C)c1. The zero-order valence-corrected chi connectivity index (χ0v) is 13.2. The Balaban J connectivity index is 3.10. The number of halogens is 3. The van der Waals surface area contributed by atoms with Gasteiger partial charge in [-0.05, 0) is 44.0 Å². The largest absolute Gasteiger partial charge is 0.432 e. The summed E-state index contributed by atoms with van der Waals surface area (Å²) in [5.41, 5.74) is -0.450. The van der Waals surface area contributed by atoms with E-state index in [0.717, 1.165) is 12.0 Å². The molecule has 0 spiro atoms. The van der Waals surface area contributed by atoms with Crippen LogP contribution in [0.5, 0.6) is 0 Å². The summed E-state index contributed by atoms with van der Waals surface area (Å²) in [4.78, 5) is 12.1. The maximum atomic E-state index is 12.6. The van der Waals surface area contributed by atoms with Crippen molar-refractivity contribution in [1.29, 1.82) is 5.41 Å². The van der Waals surface area contributed by atoms with Gasteiger partial charge in [0.1, 0.15) is 11.4 Å². The van der Waals surface area contributed by atoms with Crippen molar-refractivity contribution < 1.29 is 18.0 Å². The molecule has 4 nitrogen and oxygen atoms in total. The summed E-state index contributed by atoms with van der Waals surface area (Å²) in [7, 11) is 0. The molecule has 126 valence electrons. The number of benzene rings is 1. The highest BCUT2D eigenvalue weighted by Crippen LogP contribution is 2.19. The van der Waals surface area contributed by atoms with Crippen LogP contribution >= 0.6 is 0 Å². The van der Waals surface area contributed by atoms with E-state index in [9.17, 15) is 18.0 Å². The molecule has 0 heterocycles. The van der Waals surface area contributed by atoms with Crippen molar-refractivity contribution in [3.05, 3.63) is 41.6 Å². The van der Waals surface area contributed by atoms with Crippen molar-refractivity contribution in [2.75, 3.05) is 5.32 Å². The number of alkyl halides is 3. The summed E-state index contributed by atoms with van der Waals surface area (Å²) in [5, 5.41) is 12.3. The van der Waals surface area contributed by atoms with Gasteiger partial charge < -0.3 is 10.6 Å². The Hall–Kier alpha value is -2.31. The maximum absolute atomic E-state index is 12.6. The van der Waals surface area contributed by atoms with Gasteiger partial charge in [0.25, 0.3) is 5.91 Å². The average Bonchev–Trinajstić information content (AvgIpc) is 2.45. The molecular formula is C16H20F3N3O. The first kappa shape index (κ1) is 18.7. The summed E-state index contributed by atoms with van der Waals surface area (Å²) < 4.78 is 37.7. The van der Waals surface area contributed by atoms with Gasteiger partial charge >= 0.3 is 6.18 Å². The summed E-state index contributed by atoms with van der Waals surface area (Å²) in [6.07, 6.45) is -3.56. The van der Waals surface area contributed by atoms with E-state index in [0.29, 0.717) is 11.8 Å². The molecule has 0 aliphatic carbocycles. The van der Waals surface area contributed by atoms with E-state index in [1.807, 2.05) is 13.0 Å². The third-order valence-electron chi connectivity index (χ3n) is 2.87. The fraction of sp³-hybridized carbons (Fsp3) is 0.375. The Bertz CT molecular complexity index is 607. The van der Waals surface area contributed by atoms with Crippen LogP contribution in [-0.2, 0) is 11.2 Å². The second-order valence-corrected chi connectivity index (χ2v) is 5.28. The number of amides is 1. The lowest BCUT2D eigenvalue weighted by atomic mass is 10.1. The van der Waals surface area contributed by atoms with Gasteiger partial charge in [-0.1, -0.05) is 19.1 Å². The first-order valence-electron chi connectivity index (χ1n) is 7.17. The number of hydrogen-bond acceptors (Lipinski definition) is 3. The van der Waals surface area contributed by atoms with Crippen molar-refractivity contribution in [3.63, 3.8) is 0 Å². The standard InChI is InChI=1S/C16H20F3N3O/c1-4-11-6-5-7-12(8-11)22-13(15(23)21-10(2)3)9-14(20)16(17,18)19/h5-10,20,22H,4H2,1-3H3,(H,21,23)/b13-9-,20-14?. The first-order chi connectivity index (χ1) is 10.6. The van der Waals surface area contributed by atoms with Crippen LogP contribution in [0.25, 0.3) is 0 Å². The number of carbonyl (C=O) groups excluding carboxylic acids is 1. The molecular weight excluding hydrogens is 307 g/mol. The summed E-state index contributed by atoms with van der Waals surface area (Å²) in [6, 6.07) is 6.77. The molecule has 0 aromatic heterocycles. The van der Waals surface area contributed by atoms with Crippen LogP contribution in [0, 0.1) is 5.41 Å². The highest BCUT2D eigenvalue weighted by molar-refractivity contribution is 6.06. The maximum Gasteiger partial charge on any atom is 0.432 e. The molecule has 1 rings (SSSR count). The molecule has 3 N–H and O–H groups in total. The minimum Gasteiger partial charge on any atom is -0.351 e. The zero-order chi connectivity index (χ0) is 17.6. The van der Waals surface area contributed by atoms with Crippen LogP contribution in [0.2, 0.25) is 0 Å². The van der Waals surface area contributed by atoms with E-state index in [4.69, 9.17) is 5.41 Å². The van der Waals surface area contributed by atoms with Crippen LogP contribution in [0.3, 0.4) is 0 Å². The minimum atomic E-state index is -4.81. The molecule has 0 bridgehead atoms. The molecule has 0 fully saturated rings. The lowest BCUT2D eigenvalue weighted by molar-refractivity contribution is -0.117. The summed E-state index contributed by atoms with van der Waals surface area (Å²) in [6.45, 7) is 5.34. The second kappa shape index (κ2) is 7.80. The zero-order valence-electron chi connectivity index (χ0n) is 13.2. The van der Waals surface area contributed by atoms with Gasteiger partial charge in [0.05, 0.1) is 0 Å². The second-order valence-electron chi connectivity index (χ2n) is 5.28. The Labute approximate surface area is 133 Å². The number of allylic oxidation sites excluding steroid dienone is 1. The van der Waals surface area contributed by atoms with E-state index >= 15 is 0 Å². The van der Waals surface area contributed by atoms with Gasteiger partial charge in [-0.25, -0.2) is 0 Å². The third kappa shape index (κ3) is 6.14. The van der Waals surface area contributed by atoms with E-state index in [1.165, 1.54) is 0 Å². The van der Waals surface area contributed by atoms with Crippen molar-refractivity contribution in [3.8, 4) is 0 Å². The smallest absolute Gasteiger partial charge is 0.351 e. The predicted octanol–water partition coefficient (Wildman–Crippen LogP) is 3.65. The van der Waals surface area contributed by atoms with Gasteiger partial charge in [0.15, 0.2) is 0 Å². The van der Waals surface area contributed by atoms with Crippen molar-refractivity contribution in [2.45, 2.75) is 39.4 Å². The van der Waals surface area contributed by atoms with Gasteiger partial charge in [-0.15, -0.1) is 0 Å². The molecule has 0 saturated heterocycles. The molecule has 0 saturated carbocycles. The highest BCUT2D eigenvalue weighted by atomic mass is 19.4. The van der Waals surface area contributed by atoms with Gasteiger partial charge in [0.2, 0.25) is 0 Å². The van der Waals surface area contributed by atoms with Gasteiger partial charge in [-0.3, -0.25) is 10.2 Å². The van der Waals surface area contributed by atoms with Crippen molar-refractivity contribution >= 4 is 17.3 Å². The predicted molar refractivity (Wildman–Crippen MR) is 84.6 cm³/mol. The molecule has 0 aliphatic heterocycles.